The van der Waals surface area contributed by atoms with E-state index in [0.29, 0.717) is 30.4 Å². The molecule has 0 spiro atoms. The number of piperidine rings is 1. The van der Waals surface area contributed by atoms with Crippen LogP contribution in [0.2, 0.25) is 5.02 Å². The first-order valence-electron chi connectivity index (χ1n) is 7.50. The van der Waals surface area contributed by atoms with Crippen LogP contribution in [-0.2, 0) is 17.8 Å². The Bertz CT molecular complexity index is 654. The standard InChI is InChI=1S/C16H18ClN3O2/c1-2-14-18-16(22-19-14)12-5-8-15(21)20(10-12)9-11-3-6-13(17)7-4-11/h3-4,6-7,12H,2,5,8-10H2,1H3/t12-/m1/s1. The van der Waals surface area contributed by atoms with E-state index in [2.05, 4.69) is 10.1 Å². The van der Waals surface area contributed by atoms with Crippen molar-refractivity contribution in [2.75, 3.05) is 6.54 Å². The molecule has 0 unspecified atom stereocenters. The second kappa shape index (κ2) is 6.48. The van der Waals surface area contributed by atoms with Crippen molar-refractivity contribution in [3.8, 4) is 0 Å². The topological polar surface area (TPSA) is 59.2 Å². The molecule has 5 nitrogen and oxygen atoms in total. The molecule has 2 aromatic rings. The van der Waals surface area contributed by atoms with Crippen molar-refractivity contribution >= 4 is 17.5 Å². The van der Waals surface area contributed by atoms with Crippen molar-refractivity contribution in [1.29, 1.82) is 0 Å². The average molecular weight is 320 g/mol. The third-order valence-electron chi connectivity index (χ3n) is 3.94. The van der Waals surface area contributed by atoms with E-state index >= 15 is 0 Å². The van der Waals surface area contributed by atoms with Crippen LogP contribution < -0.4 is 0 Å². The third kappa shape index (κ3) is 3.30. The summed E-state index contributed by atoms with van der Waals surface area (Å²) in [7, 11) is 0. The Kier molecular flexibility index (Phi) is 4.43. The van der Waals surface area contributed by atoms with Gasteiger partial charge in [-0.2, -0.15) is 4.98 Å². The maximum absolute atomic E-state index is 12.1. The summed E-state index contributed by atoms with van der Waals surface area (Å²) in [4.78, 5) is 18.4. The third-order valence-corrected chi connectivity index (χ3v) is 4.19. The minimum Gasteiger partial charge on any atom is -0.339 e. The van der Waals surface area contributed by atoms with E-state index in [1.165, 1.54) is 0 Å². The molecule has 1 aliphatic heterocycles. The number of aryl methyl sites for hydroxylation is 1. The van der Waals surface area contributed by atoms with E-state index in [1.807, 2.05) is 36.1 Å². The summed E-state index contributed by atoms with van der Waals surface area (Å²) in [5.74, 6) is 1.65. The number of carbonyl (C=O) groups is 1. The van der Waals surface area contributed by atoms with Crippen molar-refractivity contribution < 1.29 is 9.32 Å². The highest BCUT2D eigenvalue weighted by Crippen LogP contribution is 2.27. The Morgan fingerprint density at radius 2 is 2.14 bits per heavy atom. The summed E-state index contributed by atoms with van der Waals surface area (Å²) in [6.07, 6.45) is 2.03. The fraction of sp³-hybridized carbons (Fsp3) is 0.438. The smallest absolute Gasteiger partial charge is 0.231 e. The van der Waals surface area contributed by atoms with E-state index in [9.17, 15) is 4.79 Å². The molecule has 0 radical (unpaired) electrons. The number of nitrogens with zero attached hydrogens (tertiary/aromatic N) is 3. The SMILES string of the molecule is CCc1noc([C@@H]2CCC(=O)N(Cc3ccc(Cl)cc3)C2)n1. The van der Waals surface area contributed by atoms with E-state index in [-0.39, 0.29) is 11.8 Å². The van der Waals surface area contributed by atoms with Gasteiger partial charge in [-0.1, -0.05) is 35.8 Å². The van der Waals surface area contributed by atoms with Gasteiger partial charge in [-0.25, -0.2) is 0 Å². The average Bonchev–Trinajstić information content (AvgIpc) is 3.01. The van der Waals surface area contributed by atoms with Gasteiger partial charge in [0.25, 0.3) is 0 Å². The van der Waals surface area contributed by atoms with Crippen LogP contribution in [0.5, 0.6) is 0 Å². The highest BCUT2D eigenvalue weighted by molar-refractivity contribution is 6.30. The zero-order valence-corrected chi connectivity index (χ0v) is 13.2. The van der Waals surface area contributed by atoms with E-state index < -0.39 is 0 Å². The lowest BCUT2D eigenvalue weighted by Gasteiger charge is -2.31. The van der Waals surface area contributed by atoms with E-state index in [4.69, 9.17) is 16.1 Å². The number of likely N-dealkylation sites (tertiary alicyclic amines) is 1. The van der Waals surface area contributed by atoms with E-state index in [0.717, 1.165) is 24.2 Å². The molecule has 0 bridgehead atoms. The van der Waals surface area contributed by atoms with Crippen LogP contribution in [0.25, 0.3) is 0 Å². The largest absolute Gasteiger partial charge is 0.339 e. The molecule has 2 heterocycles. The highest BCUT2D eigenvalue weighted by atomic mass is 35.5. The molecule has 0 saturated carbocycles. The predicted molar refractivity (Wildman–Crippen MR) is 82.5 cm³/mol. The van der Waals surface area contributed by atoms with Gasteiger partial charge in [-0.05, 0) is 24.1 Å². The number of carbonyl (C=O) groups excluding carboxylic acids is 1. The summed E-state index contributed by atoms with van der Waals surface area (Å²) < 4.78 is 5.33. The number of rotatable bonds is 4. The number of hydrogen-bond acceptors (Lipinski definition) is 4. The monoisotopic (exact) mass is 319 g/mol. The molecule has 0 N–H and O–H groups in total. The van der Waals surface area contributed by atoms with Crippen molar-refractivity contribution in [3.05, 3.63) is 46.6 Å². The number of benzene rings is 1. The van der Waals surface area contributed by atoms with Crippen LogP contribution in [0.3, 0.4) is 0 Å². The van der Waals surface area contributed by atoms with Gasteiger partial charge in [0.1, 0.15) is 0 Å². The first kappa shape index (κ1) is 15.0. The minimum atomic E-state index is 0.123. The molecule has 3 rings (SSSR count). The van der Waals surface area contributed by atoms with Crippen LogP contribution >= 0.6 is 11.6 Å². The van der Waals surface area contributed by atoms with Crippen LogP contribution in [-0.4, -0.2) is 27.5 Å². The van der Waals surface area contributed by atoms with Crippen LogP contribution in [0.1, 0.15) is 43.0 Å². The van der Waals surface area contributed by atoms with Crippen LogP contribution in [0.15, 0.2) is 28.8 Å². The van der Waals surface area contributed by atoms with Crippen molar-refractivity contribution in [2.24, 2.45) is 0 Å². The van der Waals surface area contributed by atoms with E-state index in [1.54, 1.807) is 0 Å². The van der Waals surface area contributed by atoms with Gasteiger partial charge in [-0.3, -0.25) is 4.79 Å². The normalized spacial score (nSPS) is 18.7. The molecule has 1 aromatic heterocycles. The first-order valence-corrected chi connectivity index (χ1v) is 7.88. The Balaban J connectivity index is 1.70. The van der Waals surface area contributed by atoms with Gasteiger partial charge in [0, 0.05) is 31.0 Å². The summed E-state index contributed by atoms with van der Waals surface area (Å²) >= 11 is 5.89. The summed E-state index contributed by atoms with van der Waals surface area (Å²) in [6, 6.07) is 7.57. The molecule has 1 aliphatic rings. The second-order valence-electron chi connectivity index (χ2n) is 5.54. The maximum Gasteiger partial charge on any atom is 0.231 e. The zero-order valence-electron chi connectivity index (χ0n) is 12.5. The number of halogens is 1. The van der Waals surface area contributed by atoms with Gasteiger partial charge in [0.2, 0.25) is 11.8 Å². The second-order valence-corrected chi connectivity index (χ2v) is 5.98. The lowest BCUT2D eigenvalue weighted by Crippen LogP contribution is -2.38. The summed E-state index contributed by atoms with van der Waals surface area (Å²) in [5.41, 5.74) is 1.07. The number of amides is 1. The zero-order chi connectivity index (χ0) is 15.5. The Labute approximate surface area is 134 Å². The lowest BCUT2D eigenvalue weighted by atomic mass is 9.97. The number of aromatic nitrogens is 2. The molecule has 1 saturated heterocycles. The molecule has 1 atom stereocenters. The fourth-order valence-electron chi connectivity index (χ4n) is 2.66. The van der Waals surface area contributed by atoms with Crippen molar-refractivity contribution in [2.45, 2.75) is 38.6 Å². The Morgan fingerprint density at radius 3 is 2.82 bits per heavy atom. The Morgan fingerprint density at radius 1 is 1.36 bits per heavy atom. The molecule has 1 aromatic carbocycles. The van der Waals surface area contributed by atoms with Gasteiger partial charge in [0.05, 0.1) is 5.92 Å². The highest BCUT2D eigenvalue weighted by Gasteiger charge is 2.30. The molecular formula is C16H18ClN3O2. The van der Waals surface area contributed by atoms with Gasteiger partial charge in [0.15, 0.2) is 5.82 Å². The quantitative estimate of drug-likeness (QED) is 0.868. The molecule has 116 valence electrons. The van der Waals surface area contributed by atoms with Gasteiger partial charge in [-0.15, -0.1) is 0 Å². The van der Waals surface area contributed by atoms with Crippen LogP contribution in [0.4, 0.5) is 0 Å². The molecule has 22 heavy (non-hydrogen) atoms. The van der Waals surface area contributed by atoms with Gasteiger partial charge >= 0.3 is 0 Å². The van der Waals surface area contributed by atoms with Crippen molar-refractivity contribution in [3.63, 3.8) is 0 Å². The summed E-state index contributed by atoms with van der Waals surface area (Å²) in [5, 5.41) is 4.64. The molecule has 0 aliphatic carbocycles. The van der Waals surface area contributed by atoms with Crippen molar-refractivity contribution in [1.82, 2.24) is 15.0 Å². The first-order chi connectivity index (χ1) is 10.7. The predicted octanol–water partition coefficient (Wildman–Crippen LogP) is 3.19. The molecule has 6 heteroatoms. The fourth-order valence-corrected chi connectivity index (χ4v) is 2.78. The Hall–Kier alpha value is -1.88. The summed E-state index contributed by atoms with van der Waals surface area (Å²) in [6.45, 7) is 3.19. The maximum atomic E-state index is 12.1. The molecule has 1 amide bonds. The molecule has 1 fully saturated rings. The number of hydrogen-bond donors (Lipinski definition) is 0. The molecular weight excluding hydrogens is 302 g/mol. The lowest BCUT2D eigenvalue weighted by molar-refractivity contribution is -0.134. The van der Waals surface area contributed by atoms with Gasteiger partial charge < -0.3 is 9.42 Å². The minimum absolute atomic E-state index is 0.123. The van der Waals surface area contributed by atoms with Crippen LogP contribution in [0, 0.1) is 0 Å².